The molecule has 0 aliphatic heterocycles. The standard InChI is InChI=1S/C17H12BFN2O3S/c18-13-9-16(17(22)20-10-13)25(23,24)21-15-8-12(6-7-14(15)19)11-4-2-1-3-5-11/h1-10,21H,(H,20,22). The molecule has 25 heavy (non-hydrogen) atoms. The Labute approximate surface area is 145 Å². The predicted octanol–water partition coefficient (Wildman–Crippen LogP) is 1.78. The van der Waals surface area contributed by atoms with Gasteiger partial charge < -0.3 is 4.98 Å². The SMILES string of the molecule is [B]c1c[nH]c(=O)c(S(=O)(=O)Nc2cc(-c3ccccc3)ccc2F)c1. The summed E-state index contributed by atoms with van der Waals surface area (Å²) in [4.78, 5) is 13.4. The number of aromatic amines is 1. The third-order valence-corrected chi connectivity index (χ3v) is 4.87. The van der Waals surface area contributed by atoms with Crippen LogP contribution in [0.3, 0.4) is 0 Å². The van der Waals surface area contributed by atoms with Gasteiger partial charge in [-0.25, -0.2) is 12.8 Å². The van der Waals surface area contributed by atoms with Crippen LogP contribution in [0.4, 0.5) is 10.1 Å². The number of benzene rings is 2. The van der Waals surface area contributed by atoms with Gasteiger partial charge in [-0.05, 0) is 35.5 Å². The van der Waals surface area contributed by atoms with Crippen LogP contribution in [-0.2, 0) is 10.0 Å². The van der Waals surface area contributed by atoms with Gasteiger partial charge in [0, 0.05) is 0 Å². The van der Waals surface area contributed by atoms with Gasteiger partial charge in [0.15, 0.2) is 4.90 Å². The van der Waals surface area contributed by atoms with Crippen LogP contribution < -0.4 is 15.7 Å². The number of pyridine rings is 1. The minimum absolute atomic E-state index is 0.0680. The van der Waals surface area contributed by atoms with Gasteiger partial charge in [-0.2, -0.15) is 0 Å². The fourth-order valence-corrected chi connectivity index (χ4v) is 3.44. The van der Waals surface area contributed by atoms with Crippen molar-refractivity contribution in [3.63, 3.8) is 0 Å². The second-order valence-electron chi connectivity index (χ2n) is 5.29. The maximum atomic E-state index is 14.1. The molecule has 0 bridgehead atoms. The Kier molecular flexibility index (Phi) is 4.46. The summed E-state index contributed by atoms with van der Waals surface area (Å²) in [5.41, 5.74) is 0.383. The Morgan fingerprint density at radius 2 is 1.72 bits per heavy atom. The minimum atomic E-state index is -4.30. The number of hydrogen-bond donors (Lipinski definition) is 2. The Balaban J connectivity index is 2.03. The second kappa shape index (κ2) is 6.56. The molecule has 124 valence electrons. The number of sulfonamides is 1. The molecule has 2 N–H and O–H groups in total. The summed E-state index contributed by atoms with van der Waals surface area (Å²) < 4.78 is 41.0. The van der Waals surface area contributed by atoms with E-state index in [0.29, 0.717) is 5.56 Å². The van der Waals surface area contributed by atoms with Gasteiger partial charge in [0.25, 0.3) is 15.6 Å². The van der Waals surface area contributed by atoms with Crippen molar-refractivity contribution < 1.29 is 12.8 Å². The van der Waals surface area contributed by atoms with Crippen LogP contribution >= 0.6 is 0 Å². The largest absolute Gasteiger partial charge is 0.329 e. The van der Waals surface area contributed by atoms with Gasteiger partial charge in [-0.15, -0.1) is 0 Å². The van der Waals surface area contributed by atoms with Crippen LogP contribution in [0.2, 0.25) is 0 Å². The maximum absolute atomic E-state index is 14.1. The van der Waals surface area contributed by atoms with Crippen molar-refractivity contribution >= 4 is 29.0 Å². The molecule has 2 radical (unpaired) electrons. The maximum Gasteiger partial charge on any atom is 0.268 e. The Hall–Kier alpha value is -2.87. The first-order valence-electron chi connectivity index (χ1n) is 7.23. The van der Waals surface area contributed by atoms with Gasteiger partial charge in [0.2, 0.25) is 0 Å². The van der Waals surface area contributed by atoms with Crippen LogP contribution in [0.15, 0.2) is 70.5 Å². The fourth-order valence-electron chi connectivity index (χ4n) is 2.29. The van der Waals surface area contributed by atoms with Crippen molar-refractivity contribution in [3.8, 4) is 11.1 Å². The molecule has 0 aliphatic rings. The molecule has 5 nitrogen and oxygen atoms in total. The summed E-state index contributed by atoms with van der Waals surface area (Å²) in [5, 5.41) is 0. The molecule has 8 heteroatoms. The van der Waals surface area contributed by atoms with E-state index >= 15 is 0 Å². The van der Waals surface area contributed by atoms with Crippen molar-refractivity contribution in [2.24, 2.45) is 0 Å². The molecule has 0 saturated carbocycles. The van der Waals surface area contributed by atoms with E-state index in [0.717, 1.165) is 17.7 Å². The van der Waals surface area contributed by atoms with Gasteiger partial charge in [0.1, 0.15) is 13.7 Å². The average molecular weight is 354 g/mol. The summed E-state index contributed by atoms with van der Waals surface area (Å²) in [6, 6.07) is 14.2. The molecule has 0 fully saturated rings. The van der Waals surface area contributed by atoms with Crippen LogP contribution in [0, 0.1) is 5.82 Å². The molecule has 0 spiro atoms. The van der Waals surface area contributed by atoms with Crippen molar-refractivity contribution in [3.05, 3.63) is 77.0 Å². The lowest BCUT2D eigenvalue weighted by molar-refractivity contribution is 0.597. The lowest BCUT2D eigenvalue weighted by atomic mass is 9.99. The van der Waals surface area contributed by atoms with Gasteiger partial charge in [-0.1, -0.05) is 41.9 Å². The summed E-state index contributed by atoms with van der Waals surface area (Å²) in [6.07, 6.45) is 1.18. The molecule has 1 aromatic heterocycles. The van der Waals surface area contributed by atoms with Crippen LogP contribution in [0.5, 0.6) is 0 Å². The van der Waals surface area contributed by atoms with Crippen LogP contribution in [-0.4, -0.2) is 21.2 Å². The molecule has 0 saturated heterocycles. The van der Waals surface area contributed by atoms with E-state index in [1.807, 2.05) is 30.3 Å². The van der Waals surface area contributed by atoms with E-state index in [4.69, 9.17) is 7.85 Å². The first-order chi connectivity index (χ1) is 11.9. The molecule has 1 heterocycles. The molecule has 2 aromatic carbocycles. The van der Waals surface area contributed by atoms with Crippen molar-refractivity contribution in [1.29, 1.82) is 0 Å². The fraction of sp³-hybridized carbons (Fsp3) is 0. The summed E-state index contributed by atoms with van der Waals surface area (Å²) in [6.45, 7) is 0. The molecule has 0 unspecified atom stereocenters. The minimum Gasteiger partial charge on any atom is -0.329 e. The monoisotopic (exact) mass is 354 g/mol. The molecule has 3 aromatic rings. The van der Waals surface area contributed by atoms with Gasteiger partial charge in [0.05, 0.1) is 5.69 Å². The zero-order valence-electron chi connectivity index (χ0n) is 12.9. The van der Waals surface area contributed by atoms with E-state index in [2.05, 4.69) is 9.71 Å². The number of rotatable bonds is 4. The number of nitrogens with one attached hydrogen (secondary N) is 2. The normalized spacial score (nSPS) is 11.2. The third kappa shape index (κ3) is 3.64. The van der Waals surface area contributed by atoms with Crippen molar-refractivity contribution in [2.75, 3.05) is 4.72 Å². The number of H-pyrrole nitrogens is 1. The van der Waals surface area contributed by atoms with E-state index in [1.165, 1.54) is 18.3 Å². The number of anilines is 1. The lowest BCUT2D eigenvalue weighted by Gasteiger charge is -2.11. The highest BCUT2D eigenvalue weighted by Crippen LogP contribution is 2.26. The highest BCUT2D eigenvalue weighted by atomic mass is 32.2. The number of aromatic nitrogens is 1. The zero-order valence-corrected chi connectivity index (χ0v) is 13.7. The van der Waals surface area contributed by atoms with Gasteiger partial charge in [-0.3, -0.25) is 9.52 Å². The Morgan fingerprint density at radius 3 is 2.44 bits per heavy atom. The average Bonchev–Trinajstić information content (AvgIpc) is 2.59. The molecule has 0 atom stereocenters. The highest BCUT2D eigenvalue weighted by Gasteiger charge is 2.20. The van der Waals surface area contributed by atoms with E-state index in [1.54, 1.807) is 0 Å². The first-order valence-corrected chi connectivity index (χ1v) is 8.71. The molecular weight excluding hydrogens is 342 g/mol. The second-order valence-corrected chi connectivity index (χ2v) is 6.94. The summed E-state index contributed by atoms with van der Waals surface area (Å²) in [7, 11) is 1.21. The summed E-state index contributed by atoms with van der Waals surface area (Å²) >= 11 is 0. The number of hydrogen-bond acceptors (Lipinski definition) is 3. The van der Waals surface area contributed by atoms with E-state index in [9.17, 15) is 17.6 Å². The summed E-state index contributed by atoms with van der Waals surface area (Å²) in [5.74, 6) is -0.761. The predicted molar refractivity (Wildman–Crippen MR) is 95.1 cm³/mol. The molecular formula is C17H12BFN2O3S. The topological polar surface area (TPSA) is 79.0 Å². The molecule has 0 aliphatic carbocycles. The first kappa shape index (κ1) is 17.0. The number of halogens is 1. The quantitative estimate of drug-likeness (QED) is 0.701. The zero-order chi connectivity index (χ0) is 18.0. The van der Waals surface area contributed by atoms with E-state index < -0.39 is 26.3 Å². The Bertz CT molecular complexity index is 1080. The van der Waals surface area contributed by atoms with E-state index in [-0.39, 0.29) is 11.2 Å². The molecule has 3 rings (SSSR count). The Morgan fingerprint density at radius 1 is 1.00 bits per heavy atom. The third-order valence-electron chi connectivity index (χ3n) is 3.50. The van der Waals surface area contributed by atoms with Crippen LogP contribution in [0.1, 0.15) is 0 Å². The van der Waals surface area contributed by atoms with Gasteiger partial charge >= 0.3 is 0 Å². The van der Waals surface area contributed by atoms with Crippen molar-refractivity contribution in [2.45, 2.75) is 4.90 Å². The molecule has 0 amide bonds. The lowest BCUT2D eigenvalue weighted by Crippen LogP contribution is -2.26. The van der Waals surface area contributed by atoms with Crippen LogP contribution in [0.25, 0.3) is 11.1 Å². The smallest absolute Gasteiger partial charge is 0.268 e. The van der Waals surface area contributed by atoms with Crippen molar-refractivity contribution in [1.82, 2.24) is 4.98 Å². The highest BCUT2D eigenvalue weighted by molar-refractivity contribution is 7.92.